The SMILES string of the molecule is Cc1ccc(NC(=O)c2c(-c3ccccc3)csc2NC(=O)Cc2ccccc2)c(C)c1. The van der Waals surface area contributed by atoms with Crippen molar-refractivity contribution in [3.63, 3.8) is 0 Å². The summed E-state index contributed by atoms with van der Waals surface area (Å²) in [4.78, 5) is 26.1. The Morgan fingerprint density at radius 1 is 0.844 bits per heavy atom. The van der Waals surface area contributed by atoms with Gasteiger partial charge in [0.2, 0.25) is 5.91 Å². The number of nitrogens with one attached hydrogen (secondary N) is 2. The molecule has 0 saturated heterocycles. The van der Waals surface area contributed by atoms with Gasteiger partial charge < -0.3 is 10.6 Å². The van der Waals surface area contributed by atoms with Crippen molar-refractivity contribution in [2.45, 2.75) is 20.3 Å². The Kier molecular flexibility index (Phi) is 6.47. The molecule has 0 aliphatic rings. The zero-order valence-corrected chi connectivity index (χ0v) is 18.8. The summed E-state index contributed by atoms with van der Waals surface area (Å²) in [6, 6.07) is 25.2. The Morgan fingerprint density at radius 3 is 2.22 bits per heavy atom. The Labute approximate surface area is 191 Å². The Balaban J connectivity index is 1.65. The summed E-state index contributed by atoms with van der Waals surface area (Å²) in [5.41, 5.74) is 6.01. The highest BCUT2D eigenvalue weighted by Gasteiger charge is 2.22. The number of amides is 2. The van der Waals surface area contributed by atoms with E-state index in [0.29, 0.717) is 10.6 Å². The zero-order chi connectivity index (χ0) is 22.5. The minimum atomic E-state index is -0.243. The van der Waals surface area contributed by atoms with Crippen LogP contribution in [0.5, 0.6) is 0 Å². The molecule has 0 aliphatic carbocycles. The van der Waals surface area contributed by atoms with Crippen LogP contribution in [0.1, 0.15) is 27.0 Å². The molecule has 5 heteroatoms. The lowest BCUT2D eigenvalue weighted by molar-refractivity contribution is -0.115. The normalized spacial score (nSPS) is 10.6. The quantitative estimate of drug-likeness (QED) is 0.361. The molecule has 0 unspecified atom stereocenters. The van der Waals surface area contributed by atoms with Crippen molar-refractivity contribution >= 4 is 33.8 Å². The van der Waals surface area contributed by atoms with E-state index in [0.717, 1.165) is 33.5 Å². The molecule has 0 bridgehead atoms. The van der Waals surface area contributed by atoms with E-state index in [9.17, 15) is 9.59 Å². The number of anilines is 2. The topological polar surface area (TPSA) is 58.2 Å². The molecule has 0 saturated carbocycles. The van der Waals surface area contributed by atoms with Crippen molar-refractivity contribution in [2.75, 3.05) is 10.6 Å². The number of benzene rings is 3. The van der Waals surface area contributed by atoms with E-state index in [1.807, 2.05) is 98.1 Å². The van der Waals surface area contributed by atoms with E-state index < -0.39 is 0 Å². The standard InChI is InChI=1S/C27H24N2O2S/c1-18-13-14-23(19(2)15-18)28-26(31)25-22(21-11-7-4-8-12-21)17-32-27(25)29-24(30)16-20-9-5-3-6-10-20/h3-15,17H,16H2,1-2H3,(H,28,31)(H,29,30). The molecule has 1 heterocycles. The van der Waals surface area contributed by atoms with E-state index in [1.165, 1.54) is 11.3 Å². The summed E-state index contributed by atoms with van der Waals surface area (Å²) >= 11 is 1.36. The average Bonchev–Trinajstić information content (AvgIpc) is 3.20. The molecule has 0 spiro atoms. The minimum Gasteiger partial charge on any atom is -0.322 e. The molecule has 2 N–H and O–H groups in total. The maximum absolute atomic E-state index is 13.4. The molecule has 32 heavy (non-hydrogen) atoms. The van der Waals surface area contributed by atoms with Crippen molar-refractivity contribution < 1.29 is 9.59 Å². The third kappa shape index (κ3) is 4.95. The lowest BCUT2D eigenvalue weighted by Crippen LogP contribution is -2.19. The van der Waals surface area contributed by atoms with E-state index in [2.05, 4.69) is 10.6 Å². The van der Waals surface area contributed by atoms with Gasteiger partial charge in [-0.15, -0.1) is 11.3 Å². The van der Waals surface area contributed by atoms with Gasteiger partial charge in [0.25, 0.3) is 5.91 Å². The average molecular weight is 441 g/mol. The molecule has 2 amide bonds. The van der Waals surface area contributed by atoms with Gasteiger partial charge in [-0.2, -0.15) is 0 Å². The molecule has 4 rings (SSSR count). The number of aryl methyl sites for hydroxylation is 2. The predicted octanol–water partition coefficient (Wildman–Crippen LogP) is 6.47. The summed E-state index contributed by atoms with van der Waals surface area (Å²) in [5.74, 6) is -0.398. The van der Waals surface area contributed by atoms with E-state index >= 15 is 0 Å². The highest BCUT2D eigenvalue weighted by molar-refractivity contribution is 7.15. The molecule has 160 valence electrons. The van der Waals surface area contributed by atoms with Crippen molar-refractivity contribution in [2.24, 2.45) is 0 Å². The summed E-state index contributed by atoms with van der Waals surface area (Å²) in [5, 5.41) is 8.46. The molecular formula is C27H24N2O2S. The maximum Gasteiger partial charge on any atom is 0.259 e. The van der Waals surface area contributed by atoms with Crippen LogP contribution in [-0.2, 0) is 11.2 Å². The first-order valence-corrected chi connectivity index (χ1v) is 11.3. The van der Waals surface area contributed by atoms with Gasteiger partial charge in [0.05, 0.1) is 12.0 Å². The first-order chi connectivity index (χ1) is 15.5. The molecule has 4 aromatic rings. The summed E-state index contributed by atoms with van der Waals surface area (Å²) < 4.78 is 0. The van der Waals surface area contributed by atoms with Crippen molar-refractivity contribution in [1.29, 1.82) is 0 Å². The molecule has 0 aliphatic heterocycles. The predicted molar refractivity (Wildman–Crippen MR) is 132 cm³/mol. The Morgan fingerprint density at radius 2 is 1.53 bits per heavy atom. The van der Waals surface area contributed by atoms with Gasteiger partial charge in [-0.3, -0.25) is 9.59 Å². The highest BCUT2D eigenvalue weighted by atomic mass is 32.1. The second-order valence-corrected chi connectivity index (χ2v) is 8.58. The molecular weight excluding hydrogens is 416 g/mol. The van der Waals surface area contributed by atoms with Gasteiger partial charge in [-0.25, -0.2) is 0 Å². The van der Waals surface area contributed by atoms with Crippen LogP contribution in [0.25, 0.3) is 11.1 Å². The van der Waals surface area contributed by atoms with Crippen LogP contribution in [0.3, 0.4) is 0 Å². The second kappa shape index (κ2) is 9.62. The number of carbonyl (C=O) groups is 2. The number of hydrogen-bond donors (Lipinski definition) is 2. The van der Waals surface area contributed by atoms with Gasteiger partial charge in [0, 0.05) is 16.6 Å². The smallest absolute Gasteiger partial charge is 0.259 e. The van der Waals surface area contributed by atoms with Crippen molar-refractivity contribution in [1.82, 2.24) is 0 Å². The monoisotopic (exact) mass is 440 g/mol. The zero-order valence-electron chi connectivity index (χ0n) is 18.0. The minimum absolute atomic E-state index is 0.154. The third-order valence-corrected chi connectivity index (χ3v) is 6.09. The number of hydrogen-bond acceptors (Lipinski definition) is 3. The van der Waals surface area contributed by atoms with Crippen molar-refractivity contribution in [3.05, 3.63) is 106 Å². The second-order valence-electron chi connectivity index (χ2n) is 7.70. The Bertz CT molecular complexity index is 1250. The van der Waals surface area contributed by atoms with Crippen LogP contribution in [0.15, 0.2) is 84.2 Å². The molecule has 4 nitrogen and oxygen atoms in total. The van der Waals surface area contributed by atoms with E-state index in [1.54, 1.807) is 0 Å². The molecule has 3 aromatic carbocycles. The lowest BCUT2D eigenvalue weighted by atomic mass is 10.0. The van der Waals surface area contributed by atoms with Crippen LogP contribution in [-0.4, -0.2) is 11.8 Å². The fraction of sp³-hybridized carbons (Fsp3) is 0.111. The van der Waals surface area contributed by atoms with Gasteiger partial charge in [0.1, 0.15) is 5.00 Å². The van der Waals surface area contributed by atoms with Crippen molar-refractivity contribution in [3.8, 4) is 11.1 Å². The van der Waals surface area contributed by atoms with Gasteiger partial charge in [0.15, 0.2) is 0 Å². The maximum atomic E-state index is 13.4. The van der Waals surface area contributed by atoms with Gasteiger partial charge in [-0.1, -0.05) is 78.4 Å². The summed E-state index contributed by atoms with van der Waals surface area (Å²) in [7, 11) is 0. The number of carbonyl (C=O) groups excluding carboxylic acids is 2. The Hall–Kier alpha value is -3.70. The lowest BCUT2D eigenvalue weighted by Gasteiger charge is -2.12. The third-order valence-electron chi connectivity index (χ3n) is 5.19. The largest absolute Gasteiger partial charge is 0.322 e. The highest BCUT2D eigenvalue weighted by Crippen LogP contribution is 2.36. The molecule has 0 atom stereocenters. The van der Waals surface area contributed by atoms with Gasteiger partial charge in [-0.05, 0) is 36.6 Å². The van der Waals surface area contributed by atoms with E-state index in [4.69, 9.17) is 0 Å². The van der Waals surface area contributed by atoms with E-state index in [-0.39, 0.29) is 18.2 Å². The van der Waals surface area contributed by atoms with Gasteiger partial charge >= 0.3 is 0 Å². The summed E-state index contributed by atoms with van der Waals surface area (Å²) in [6.07, 6.45) is 0.248. The number of thiophene rings is 1. The number of rotatable bonds is 6. The fourth-order valence-electron chi connectivity index (χ4n) is 3.60. The van der Waals surface area contributed by atoms with Crippen LogP contribution in [0, 0.1) is 13.8 Å². The first-order valence-electron chi connectivity index (χ1n) is 10.4. The van der Waals surface area contributed by atoms with Crippen LogP contribution in [0.4, 0.5) is 10.7 Å². The molecule has 0 radical (unpaired) electrons. The molecule has 1 aromatic heterocycles. The van der Waals surface area contributed by atoms with Crippen LogP contribution < -0.4 is 10.6 Å². The molecule has 0 fully saturated rings. The van der Waals surface area contributed by atoms with Crippen LogP contribution in [0.2, 0.25) is 0 Å². The first kappa shape index (κ1) is 21.5. The summed E-state index contributed by atoms with van der Waals surface area (Å²) in [6.45, 7) is 3.99. The van der Waals surface area contributed by atoms with Crippen LogP contribution >= 0.6 is 11.3 Å². The fourth-order valence-corrected chi connectivity index (χ4v) is 4.58.